The smallest absolute Gasteiger partial charge is 0.0714 e. The molecule has 12 rings (SSSR count). The van der Waals surface area contributed by atoms with Crippen molar-refractivity contribution in [2.24, 2.45) is 0 Å². The van der Waals surface area contributed by atoms with Crippen LogP contribution in [0.4, 0.5) is 0 Å². The zero-order valence-electron chi connectivity index (χ0n) is 31.2. The van der Waals surface area contributed by atoms with E-state index in [1.165, 1.54) is 93.8 Å². The molecule has 2 heterocycles. The van der Waals surface area contributed by atoms with Crippen LogP contribution in [0, 0.1) is 0 Å². The standard InChI is InChI=1S/C55H36N2/c1-3-16-39(17-4-1)55(49-26-11-7-22-43(49)44-23-8-12-27-50(44)55)40-18-15-21-42(36-40)57-51-28-13-9-24-45(51)47-32-30-38(35-54(47)57)37-31-33-53-48(34-37)46-25-10-14-29-52(46)56(53)41-19-5-2-6-20-41/h1-36H. The fourth-order valence-corrected chi connectivity index (χ4v) is 10.0. The number of hydrogen-bond acceptors (Lipinski definition) is 0. The Hall–Kier alpha value is -7.42. The molecule has 0 atom stereocenters. The molecule has 0 aliphatic heterocycles. The second-order valence-corrected chi connectivity index (χ2v) is 15.3. The molecular weight excluding hydrogens is 689 g/mol. The Balaban J connectivity index is 1.08. The Morgan fingerprint density at radius 1 is 0.281 bits per heavy atom. The number of aromatic nitrogens is 2. The summed E-state index contributed by atoms with van der Waals surface area (Å²) in [4.78, 5) is 0. The van der Waals surface area contributed by atoms with Crippen molar-refractivity contribution in [3.63, 3.8) is 0 Å². The predicted octanol–water partition coefficient (Wildman–Crippen LogP) is 13.9. The molecular formula is C55H36N2. The maximum atomic E-state index is 2.48. The van der Waals surface area contributed by atoms with Crippen molar-refractivity contribution in [1.29, 1.82) is 0 Å². The summed E-state index contributed by atoms with van der Waals surface area (Å²) in [5.74, 6) is 0. The van der Waals surface area contributed by atoms with E-state index in [2.05, 4.69) is 228 Å². The first kappa shape index (κ1) is 31.9. The highest BCUT2D eigenvalue weighted by Crippen LogP contribution is 2.56. The van der Waals surface area contributed by atoms with E-state index in [4.69, 9.17) is 0 Å². The quantitative estimate of drug-likeness (QED) is 0.167. The Kier molecular flexibility index (Phi) is 6.88. The Labute approximate surface area is 331 Å². The van der Waals surface area contributed by atoms with E-state index >= 15 is 0 Å². The van der Waals surface area contributed by atoms with Gasteiger partial charge in [-0.1, -0.05) is 164 Å². The summed E-state index contributed by atoms with van der Waals surface area (Å²) >= 11 is 0. The van der Waals surface area contributed by atoms with Crippen molar-refractivity contribution in [1.82, 2.24) is 9.13 Å². The second kappa shape index (κ2) is 12.3. The van der Waals surface area contributed by atoms with E-state index in [1.807, 2.05) is 0 Å². The molecule has 0 unspecified atom stereocenters. The lowest BCUT2D eigenvalue weighted by Gasteiger charge is -2.34. The average Bonchev–Trinajstić information content (AvgIpc) is 3.91. The van der Waals surface area contributed by atoms with Crippen LogP contribution in [0.5, 0.6) is 0 Å². The molecule has 266 valence electrons. The van der Waals surface area contributed by atoms with Gasteiger partial charge in [-0.3, -0.25) is 0 Å². The third-order valence-electron chi connectivity index (χ3n) is 12.4. The topological polar surface area (TPSA) is 9.86 Å². The summed E-state index contributed by atoms with van der Waals surface area (Å²) in [5, 5.41) is 5.01. The molecule has 9 aromatic carbocycles. The highest BCUT2D eigenvalue weighted by molar-refractivity contribution is 6.12. The average molecular weight is 725 g/mol. The minimum absolute atomic E-state index is 0.470. The molecule has 0 spiro atoms. The zero-order chi connectivity index (χ0) is 37.5. The van der Waals surface area contributed by atoms with Crippen LogP contribution in [0.1, 0.15) is 22.3 Å². The summed E-state index contributed by atoms with van der Waals surface area (Å²) in [6, 6.07) is 80.6. The fourth-order valence-electron chi connectivity index (χ4n) is 10.0. The number of nitrogens with zero attached hydrogens (tertiary/aromatic N) is 2. The highest BCUT2D eigenvalue weighted by atomic mass is 15.0. The lowest BCUT2D eigenvalue weighted by Crippen LogP contribution is -2.28. The lowest BCUT2D eigenvalue weighted by atomic mass is 9.67. The summed E-state index contributed by atoms with van der Waals surface area (Å²) < 4.78 is 4.86. The van der Waals surface area contributed by atoms with Gasteiger partial charge in [-0.2, -0.15) is 0 Å². The van der Waals surface area contributed by atoms with E-state index in [1.54, 1.807) is 0 Å². The van der Waals surface area contributed by atoms with E-state index in [-0.39, 0.29) is 0 Å². The number of benzene rings is 9. The van der Waals surface area contributed by atoms with Crippen LogP contribution in [0.25, 0.3) is 77.2 Å². The predicted molar refractivity (Wildman–Crippen MR) is 238 cm³/mol. The Bertz CT molecular complexity index is 3300. The molecule has 2 aromatic heterocycles. The van der Waals surface area contributed by atoms with Gasteiger partial charge in [-0.05, 0) is 99.1 Å². The summed E-state index contributed by atoms with van der Waals surface area (Å²) in [7, 11) is 0. The fraction of sp³-hybridized carbons (Fsp3) is 0.0182. The molecule has 0 N–H and O–H groups in total. The van der Waals surface area contributed by atoms with E-state index in [9.17, 15) is 0 Å². The first-order valence-corrected chi connectivity index (χ1v) is 19.8. The SMILES string of the molecule is c1ccc(-n2c3ccccc3c3cc(-c4ccc5c6ccccc6n(-c6cccc(C7(c8ccccc8)c8ccccc8-c8ccccc87)c6)c5c4)ccc32)cc1. The van der Waals surface area contributed by atoms with Gasteiger partial charge in [0.25, 0.3) is 0 Å². The normalized spacial score (nSPS) is 13.1. The maximum Gasteiger partial charge on any atom is 0.0714 e. The highest BCUT2D eigenvalue weighted by Gasteiger charge is 2.46. The Morgan fingerprint density at radius 2 is 0.772 bits per heavy atom. The van der Waals surface area contributed by atoms with Gasteiger partial charge in [-0.15, -0.1) is 0 Å². The molecule has 11 aromatic rings. The minimum Gasteiger partial charge on any atom is -0.309 e. The van der Waals surface area contributed by atoms with Crippen LogP contribution in [-0.4, -0.2) is 9.13 Å². The molecule has 0 saturated heterocycles. The van der Waals surface area contributed by atoms with Gasteiger partial charge in [-0.25, -0.2) is 0 Å². The van der Waals surface area contributed by atoms with Crippen LogP contribution in [0.15, 0.2) is 218 Å². The summed E-state index contributed by atoms with van der Waals surface area (Å²) in [6.07, 6.45) is 0. The first-order chi connectivity index (χ1) is 28.3. The van der Waals surface area contributed by atoms with E-state index < -0.39 is 5.41 Å². The number of rotatable bonds is 5. The van der Waals surface area contributed by atoms with Gasteiger partial charge in [0, 0.05) is 32.9 Å². The maximum absolute atomic E-state index is 2.48. The van der Waals surface area contributed by atoms with Crippen LogP contribution >= 0.6 is 0 Å². The molecule has 1 aliphatic carbocycles. The molecule has 0 radical (unpaired) electrons. The molecule has 0 fully saturated rings. The summed E-state index contributed by atoms with van der Waals surface area (Å²) in [5.41, 5.74) is 16.8. The van der Waals surface area contributed by atoms with Gasteiger partial charge in [0.05, 0.1) is 27.5 Å². The number of fused-ring (bicyclic) bond motifs is 9. The molecule has 1 aliphatic rings. The van der Waals surface area contributed by atoms with Gasteiger partial charge in [0.2, 0.25) is 0 Å². The minimum atomic E-state index is -0.470. The van der Waals surface area contributed by atoms with Crippen LogP contribution in [-0.2, 0) is 5.41 Å². The molecule has 57 heavy (non-hydrogen) atoms. The van der Waals surface area contributed by atoms with Crippen molar-refractivity contribution >= 4 is 43.6 Å². The second-order valence-electron chi connectivity index (χ2n) is 15.3. The van der Waals surface area contributed by atoms with Gasteiger partial charge in [0.1, 0.15) is 0 Å². The monoisotopic (exact) mass is 724 g/mol. The largest absolute Gasteiger partial charge is 0.309 e. The number of para-hydroxylation sites is 3. The van der Waals surface area contributed by atoms with Crippen molar-refractivity contribution < 1.29 is 0 Å². The first-order valence-electron chi connectivity index (χ1n) is 19.8. The molecule has 0 amide bonds. The van der Waals surface area contributed by atoms with E-state index in [0.717, 1.165) is 5.69 Å². The van der Waals surface area contributed by atoms with Crippen molar-refractivity contribution in [3.8, 4) is 33.6 Å². The third-order valence-corrected chi connectivity index (χ3v) is 12.4. The van der Waals surface area contributed by atoms with Crippen LogP contribution in [0.2, 0.25) is 0 Å². The van der Waals surface area contributed by atoms with Crippen molar-refractivity contribution in [3.05, 3.63) is 241 Å². The lowest BCUT2D eigenvalue weighted by molar-refractivity contribution is 0.767. The van der Waals surface area contributed by atoms with Gasteiger partial charge >= 0.3 is 0 Å². The van der Waals surface area contributed by atoms with Crippen molar-refractivity contribution in [2.45, 2.75) is 5.41 Å². The zero-order valence-corrected chi connectivity index (χ0v) is 31.2. The number of hydrogen-bond donors (Lipinski definition) is 0. The molecule has 2 nitrogen and oxygen atoms in total. The van der Waals surface area contributed by atoms with Gasteiger partial charge < -0.3 is 9.13 Å². The Morgan fingerprint density at radius 3 is 1.49 bits per heavy atom. The molecule has 2 heteroatoms. The molecule has 0 saturated carbocycles. The van der Waals surface area contributed by atoms with Gasteiger partial charge in [0.15, 0.2) is 0 Å². The molecule has 0 bridgehead atoms. The van der Waals surface area contributed by atoms with Crippen LogP contribution in [0.3, 0.4) is 0 Å². The summed E-state index contributed by atoms with van der Waals surface area (Å²) in [6.45, 7) is 0. The van der Waals surface area contributed by atoms with Crippen LogP contribution < -0.4 is 0 Å². The van der Waals surface area contributed by atoms with E-state index in [0.29, 0.717) is 0 Å². The van der Waals surface area contributed by atoms with Crippen molar-refractivity contribution in [2.75, 3.05) is 0 Å². The third kappa shape index (κ3) is 4.53.